The Morgan fingerprint density at radius 3 is 2.49 bits per heavy atom. The van der Waals surface area contributed by atoms with Gasteiger partial charge in [-0.25, -0.2) is 0 Å². The van der Waals surface area contributed by atoms with Crippen molar-refractivity contribution in [2.24, 2.45) is 0 Å². The van der Waals surface area contributed by atoms with Gasteiger partial charge < -0.3 is 19.1 Å². The number of amides is 2. The maximum absolute atomic E-state index is 13.3. The number of rotatable bonds is 7. The SMILES string of the molecule is C=C(OC(C)(C)C)c1ccc(Cn2c3c(c4ccccc42)CC2C(=O)N(CCCC)CC(=O)N2C3)cc1. The van der Waals surface area contributed by atoms with Gasteiger partial charge >= 0.3 is 0 Å². The largest absolute Gasteiger partial charge is 0.488 e. The van der Waals surface area contributed by atoms with Crippen LogP contribution in [0.1, 0.15) is 62.9 Å². The van der Waals surface area contributed by atoms with E-state index in [1.54, 1.807) is 9.80 Å². The molecule has 0 saturated carbocycles. The molecular weight excluding hydrogens is 462 g/mol. The van der Waals surface area contributed by atoms with Crippen LogP contribution in [0.3, 0.4) is 0 Å². The van der Waals surface area contributed by atoms with Gasteiger partial charge in [0.05, 0.1) is 13.1 Å². The minimum absolute atomic E-state index is 0.0462. The Labute approximate surface area is 219 Å². The third-order valence-electron chi connectivity index (χ3n) is 7.36. The number of fused-ring (bicyclic) bond motifs is 4. The van der Waals surface area contributed by atoms with Gasteiger partial charge in [0, 0.05) is 41.7 Å². The molecule has 2 amide bonds. The monoisotopic (exact) mass is 499 g/mol. The number of carbonyl (C=O) groups is 2. The molecule has 0 bridgehead atoms. The van der Waals surface area contributed by atoms with Crippen LogP contribution in [0.4, 0.5) is 0 Å². The lowest BCUT2D eigenvalue weighted by Crippen LogP contribution is -2.61. The highest BCUT2D eigenvalue weighted by molar-refractivity contribution is 5.97. The normalized spacial score (nSPS) is 17.7. The number of carbonyl (C=O) groups excluding carboxylic acids is 2. The van der Waals surface area contributed by atoms with Crippen molar-refractivity contribution in [2.45, 2.75) is 71.7 Å². The summed E-state index contributed by atoms with van der Waals surface area (Å²) in [4.78, 5) is 30.0. The quantitative estimate of drug-likeness (QED) is 0.411. The zero-order valence-electron chi connectivity index (χ0n) is 22.4. The van der Waals surface area contributed by atoms with Gasteiger partial charge in [-0.05, 0) is 44.4 Å². The number of piperazine rings is 1. The Morgan fingerprint density at radius 2 is 1.78 bits per heavy atom. The van der Waals surface area contributed by atoms with Crippen LogP contribution in [0.15, 0.2) is 55.1 Å². The fourth-order valence-corrected chi connectivity index (χ4v) is 5.56. The number of unbranched alkanes of at least 4 members (excludes halogenated alkanes) is 1. The van der Waals surface area contributed by atoms with Crippen molar-refractivity contribution < 1.29 is 14.3 Å². The van der Waals surface area contributed by atoms with Crippen molar-refractivity contribution in [3.8, 4) is 0 Å². The molecule has 1 saturated heterocycles. The molecule has 5 rings (SSSR count). The first-order valence-electron chi connectivity index (χ1n) is 13.3. The molecule has 3 heterocycles. The first-order chi connectivity index (χ1) is 17.7. The van der Waals surface area contributed by atoms with Crippen LogP contribution in [0.2, 0.25) is 0 Å². The summed E-state index contributed by atoms with van der Waals surface area (Å²) in [7, 11) is 0. The number of benzene rings is 2. The molecule has 1 atom stereocenters. The second-order valence-corrected chi connectivity index (χ2v) is 11.2. The van der Waals surface area contributed by atoms with E-state index in [1.165, 1.54) is 10.9 Å². The van der Waals surface area contributed by atoms with Gasteiger partial charge in [-0.1, -0.05) is 62.4 Å². The van der Waals surface area contributed by atoms with Gasteiger partial charge in [0.25, 0.3) is 0 Å². The first kappa shape index (κ1) is 25.1. The molecule has 1 fully saturated rings. The van der Waals surface area contributed by atoms with Crippen LogP contribution in [-0.2, 0) is 33.8 Å². The summed E-state index contributed by atoms with van der Waals surface area (Å²) in [5, 5.41) is 1.17. The number of para-hydroxylation sites is 1. The van der Waals surface area contributed by atoms with Crippen molar-refractivity contribution in [3.63, 3.8) is 0 Å². The number of nitrogens with zero attached hydrogens (tertiary/aromatic N) is 3. The molecule has 0 spiro atoms. The summed E-state index contributed by atoms with van der Waals surface area (Å²) in [6.45, 7) is 14.2. The molecule has 2 aliphatic rings. The van der Waals surface area contributed by atoms with E-state index in [4.69, 9.17) is 4.74 Å². The van der Waals surface area contributed by atoms with E-state index in [1.807, 2.05) is 20.8 Å². The van der Waals surface area contributed by atoms with E-state index in [-0.39, 0.29) is 24.0 Å². The predicted molar refractivity (Wildman–Crippen MR) is 147 cm³/mol. The van der Waals surface area contributed by atoms with Crippen molar-refractivity contribution in [2.75, 3.05) is 13.1 Å². The van der Waals surface area contributed by atoms with E-state index in [0.29, 0.717) is 31.8 Å². The molecule has 194 valence electrons. The highest BCUT2D eigenvalue weighted by atomic mass is 16.5. The fraction of sp³-hybridized carbons (Fsp3) is 0.419. The van der Waals surface area contributed by atoms with E-state index in [0.717, 1.165) is 35.2 Å². The molecule has 0 aliphatic carbocycles. The summed E-state index contributed by atoms with van der Waals surface area (Å²) in [6.07, 6.45) is 2.49. The molecule has 1 aromatic heterocycles. The second kappa shape index (κ2) is 9.73. The lowest BCUT2D eigenvalue weighted by molar-refractivity contribution is -0.157. The molecule has 6 heteroatoms. The number of hydrogen-bond acceptors (Lipinski definition) is 3. The Kier molecular flexibility index (Phi) is 6.61. The van der Waals surface area contributed by atoms with Crippen LogP contribution in [-0.4, -0.2) is 50.9 Å². The zero-order chi connectivity index (χ0) is 26.3. The second-order valence-electron chi connectivity index (χ2n) is 11.2. The molecule has 37 heavy (non-hydrogen) atoms. The molecule has 3 aromatic rings. The van der Waals surface area contributed by atoms with Gasteiger partial charge in [-0.2, -0.15) is 0 Å². The van der Waals surface area contributed by atoms with Crippen molar-refractivity contribution in [1.29, 1.82) is 0 Å². The minimum Gasteiger partial charge on any atom is -0.488 e. The Hall–Kier alpha value is -3.54. The van der Waals surface area contributed by atoms with Crippen LogP contribution < -0.4 is 0 Å². The maximum atomic E-state index is 13.3. The Bertz CT molecular complexity index is 1350. The van der Waals surface area contributed by atoms with Crippen molar-refractivity contribution in [3.05, 3.63) is 77.5 Å². The van der Waals surface area contributed by atoms with Gasteiger partial charge in [0.2, 0.25) is 11.8 Å². The van der Waals surface area contributed by atoms with Gasteiger partial charge in [-0.15, -0.1) is 0 Å². The summed E-state index contributed by atoms with van der Waals surface area (Å²) in [5.41, 5.74) is 5.29. The third kappa shape index (κ3) is 4.89. The fourth-order valence-electron chi connectivity index (χ4n) is 5.56. The lowest BCUT2D eigenvalue weighted by Gasteiger charge is -2.43. The van der Waals surface area contributed by atoms with E-state index < -0.39 is 6.04 Å². The van der Waals surface area contributed by atoms with Gasteiger partial charge in [0.15, 0.2) is 0 Å². The zero-order valence-corrected chi connectivity index (χ0v) is 22.4. The van der Waals surface area contributed by atoms with Crippen molar-refractivity contribution in [1.82, 2.24) is 14.4 Å². The molecule has 0 radical (unpaired) electrons. The highest BCUT2D eigenvalue weighted by Gasteiger charge is 2.43. The predicted octanol–water partition coefficient (Wildman–Crippen LogP) is 5.37. The number of aromatic nitrogens is 1. The topological polar surface area (TPSA) is 54.8 Å². The van der Waals surface area contributed by atoms with Crippen LogP contribution in [0, 0.1) is 0 Å². The highest BCUT2D eigenvalue weighted by Crippen LogP contribution is 2.35. The summed E-state index contributed by atoms with van der Waals surface area (Å²) in [5.74, 6) is 0.795. The molecule has 1 unspecified atom stereocenters. The molecule has 6 nitrogen and oxygen atoms in total. The van der Waals surface area contributed by atoms with E-state index in [2.05, 4.69) is 66.6 Å². The Balaban J connectivity index is 1.45. The van der Waals surface area contributed by atoms with E-state index >= 15 is 0 Å². The third-order valence-corrected chi connectivity index (χ3v) is 7.36. The summed E-state index contributed by atoms with van der Waals surface area (Å²) >= 11 is 0. The number of ether oxygens (including phenoxy) is 1. The first-order valence-corrected chi connectivity index (χ1v) is 13.3. The average molecular weight is 500 g/mol. The molecule has 2 aliphatic heterocycles. The minimum atomic E-state index is -0.405. The van der Waals surface area contributed by atoms with Crippen molar-refractivity contribution >= 4 is 28.5 Å². The van der Waals surface area contributed by atoms with Gasteiger partial charge in [0.1, 0.15) is 17.4 Å². The lowest BCUT2D eigenvalue weighted by atomic mass is 9.93. The smallest absolute Gasteiger partial charge is 0.246 e. The van der Waals surface area contributed by atoms with E-state index in [9.17, 15) is 9.59 Å². The number of hydrogen-bond donors (Lipinski definition) is 0. The standard InChI is InChI=1S/C31H37N3O3/c1-6-7-16-32-20-29(35)34-19-28-25(17-27(34)30(32)36)24-10-8-9-11-26(24)33(28)18-22-12-14-23(15-13-22)21(2)37-31(3,4)5/h8-15,27H,2,6-7,16-20H2,1,3-5H3. The summed E-state index contributed by atoms with van der Waals surface area (Å²) in [6, 6.07) is 16.3. The average Bonchev–Trinajstić information content (AvgIpc) is 3.16. The molecule has 0 N–H and O–H groups in total. The molecule has 2 aromatic carbocycles. The Morgan fingerprint density at radius 1 is 1.05 bits per heavy atom. The van der Waals surface area contributed by atoms with Crippen LogP contribution in [0.25, 0.3) is 16.7 Å². The van der Waals surface area contributed by atoms with Gasteiger partial charge in [-0.3, -0.25) is 9.59 Å². The van der Waals surface area contributed by atoms with Crippen LogP contribution >= 0.6 is 0 Å². The maximum Gasteiger partial charge on any atom is 0.246 e. The van der Waals surface area contributed by atoms with Crippen LogP contribution in [0.5, 0.6) is 0 Å². The molecular formula is C31H37N3O3. The summed E-state index contributed by atoms with van der Waals surface area (Å²) < 4.78 is 8.25.